The Morgan fingerprint density at radius 3 is 2.39 bits per heavy atom. The van der Waals surface area contributed by atoms with E-state index >= 15 is 0 Å². The summed E-state index contributed by atoms with van der Waals surface area (Å²) in [5.74, 6) is 2.75. The first-order valence-corrected chi connectivity index (χ1v) is 11.5. The fraction of sp³-hybridized carbons (Fsp3) is 0.174. The summed E-state index contributed by atoms with van der Waals surface area (Å²) in [6.45, 7) is 6.80. The monoisotopic (exact) mass is 438 g/mol. The summed E-state index contributed by atoms with van der Waals surface area (Å²) in [6.07, 6.45) is 1.17. The Kier molecular flexibility index (Phi) is 5.56. The average molecular weight is 439 g/mol. The number of sulfone groups is 1. The summed E-state index contributed by atoms with van der Waals surface area (Å²) in [5.41, 5.74) is 2.49. The van der Waals surface area contributed by atoms with Crippen LogP contribution >= 0.6 is 0 Å². The van der Waals surface area contributed by atoms with E-state index in [0.29, 0.717) is 42.1 Å². The number of aliphatic imine (C=N–C) groups is 1. The molecule has 1 aromatic heterocycles. The van der Waals surface area contributed by atoms with E-state index in [1.807, 2.05) is 24.3 Å². The zero-order valence-electron chi connectivity index (χ0n) is 17.2. The highest BCUT2D eigenvalue weighted by Crippen LogP contribution is 2.33. The first kappa shape index (κ1) is 20.7. The van der Waals surface area contributed by atoms with Crippen LogP contribution in [0.15, 0.2) is 76.8 Å². The average Bonchev–Trinajstić information content (AvgIpc) is 3.39. The van der Waals surface area contributed by atoms with Gasteiger partial charge in [-0.1, -0.05) is 6.58 Å². The maximum atomic E-state index is 11.7. The van der Waals surface area contributed by atoms with Crippen molar-refractivity contribution < 1.29 is 22.6 Å². The number of allylic oxidation sites excluding steroid dienone is 1. The second kappa shape index (κ2) is 8.31. The lowest BCUT2D eigenvalue weighted by Crippen LogP contribution is -2.01. The number of aromatic nitrogens is 1. The lowest BCUT2D eigenvalue weighted by atomic mass is 10.1. The van der Waals surface area contributed by atoms with E-state index in [9.17, 15) is 8.42 Å². The normalized spacial score (nSPS) is 13.4. The van der Waals surface area contributed by atoms with Gasteiger partial charge in [-0.3, -0.25) is 0 Å². The Labute approximate surface area is 180 Å². The molecule has 1 aliphatic rings. The fourth-order valence-corrected chi connectivity index (χ4v) is 3.75. The molecule has 0 fully saturated rings. The van der Waals surface area contributed by atoms with Crippen LogP contribution in [0, 0.1) is 0 Å². The first-order chi connectivity index (χ1) is 14.8. The minimum Gasteiger partial charge on any atom is -0.474 e. The number of nitrogens with zero attached hydrogens (tertiary/aromatic N) is 1. The van der Waals surface area contributed by atoms with Crippen molar-refractivity contribution in [2.75, 3.05) is 19.4 Å². The van der Waals surface area contributed by atoms with Crippen LogP contribution in [0.2, 0.25) is 0 Å². The number of aromatic amines is 1. The molecule has 8 heteroatoms. The van der Waals surface area contributed by atoms with Crippen LogP contribution in [0.5, 0.6) is 17.2 Å². The summed E-state index contributed by atoms with van der Waals surface area (Å²) >= 11 is 0. The topological polar surface area (TPSA) is 90.0 Å². The molecule has 3 aromatic rings. The molecule has 2 heterocycles. The predicted octanol–water partition coefficient (Wildman–Crippen LogP) is 4.57. The van der Waals surface area contributed by atoms with Crippen molar-refractivity contribution >= 4 is 15.7 Å². The number of hydrogen-bond donors (Lipinski definition) is 1. The molecule has 4 rings (SSSR count). The van der Waals surface area contributed by atoms with Crippen molar-refractivity contribution in [3.8, 4) is 28.5 Å². The molecular weight excluding hydrogens is 416 g/mol. The second-order valence-electron chi connectivity index (χ2n) is 7.16. The minimum atomic E-state index is -3.27. The van der Waals surface area contributed by atoms with Gasteiger partial charge in [0.05, 0.1) is 17.2 Å². The van der Waals surface area contributed by atoms with Gasteiger partial charge < -0.3 is 19.2 Å². The molecule has 31 heavy (non-hydrogen) atoms. The van der Waals surface area contributed by atoms with Crippen molar-refractivity contribution in [1.29, 1.82) is 0 Å². The van der Waals surface area contributed by atoms with Gasteiger partial charge >= 0.3 is 0 Å². The van der Waals surface area contributed by atoms with Crippen molar-refractivity contribution in [3.05, 3.63) is 72.6 Å². The Bertz CT molecular complexity index is 1260. The zero-order valence-corrected chi connectivity index (χ0v) is 18.0. The SMILES string of the molecule is C=C(C)Oc1cc(Oc2ccc(S(C)(=O)=O)cc2)cc(-c2ccc(C3=NCCO3)[nH]2)c1. The Hall–Kier alpha value is -3.52. The van der Waals surface area contributed by atoms with Gasteiger partial charge in [-0.25, -0.2) is 13.4 Å². The van der Waals surface area contributed by atoms with Crippen LogP contribution in [0.1, 0.15) is 12.6 Å². The first-order valence-electron chi connectivity index (χ1n) is 9.61. The van der Waals surface area contributed by atoms with Crippen LogP contribution in [-0.2, 0) is 14.6 Å². The van der Waals surface area contributed by atoms with Crippen LogP contribution < -0.4 is 9.47 Å². The van der Waals surface area contributed by atoms with E-state index < -0.39 is 9.84 Å². The van der Waals surface area contributed by atoms with Gasteiger partial charge in [0, 0.05) is 23.6 Å². The van der Waals surface area contributed by atoms with Gasteiger partial charge in [-0.2, -0.15) is 0 Å². The maximum Gasteiger partial charge on any atom is 0.233 e. The van der Waals surface area contributed by atoms with Gasteiger partial charge in [0.25, 0.3) is 0 Å². The summed E-state index contributed by atoms with van der Waals surface area (Å²) < 4.78 is 40.5. The number of ether oxygens (including phenoxy) is 3. The van der Waals surface area contributed by atoms with E-state index in [-0.39, 0.29) is 4.90 Å². The lowest BCUT2D eigenvalue weighted by molar-refractivity contribution is 0.347. The molecule has 0 aliphatic carbocycles. The molecule has 1 aliphatic heterocycles. The van der Waals surface area contributed by atoms with Crippen LogP contribution in [0.4, 0.5) is 0 Å². The highest BCUT2D eigenvalue weighted by molar-refractivity contribution is 7.90. The third kappa shape index (κ3) is 4.97. The predicted molar refractivity (Wildman–Crippen MR) is 119 cm³/mol. The minimum absolute atomic E-state index is 0.232. The van der Waals surface area contributed by atoms with E-state index in [1.54, 1.807) is 25.1 Å². The quantitative estimate of drug-likeness (QED) is 0.546. The van der Waals surface area contributed by atoms with E-state index in [2.05, 4.69) is 16.6 Å². The Balaban J connectivity index is 1.65. The largest absolute Gasteiger partial charge is 0.474 e. The van der Waals surface area contributed by atoms with Crippen LogP contribution in [0.25, 0.3) is 11.3 Å². The molecule has 0 saturated heterocycles. The molecule has 0 spiro atoms. The maximum absolute atomic E-state index is 11.7. The Morgan fingerprint density at radius 1 is 1.03 bits per heavy atom. The van der Waals surface area contributed by atoms with Gasteiger partial charge in [0.15, 0.2) is 9.84 Å². The molecule has 160 valence electrons. The smallest absolute Gasteiger partial charge is 0.233 e. The second-order valence-corrected chi connectivity index (χ2v) is 9.18. The molecular formula is C23H22N2O5S. The van der Waals surface area contributed by atoms with Crippen molar-refractivity contribution in [3.63, 3.8) is 0 Å². The number of nitrogens with one attached hydrogen (secondary N) is 1. The highest BCUT2D eigenvalue weighted by atomic mass is 32.2. The molecule has 1 N–H and O–H groups in total. The molecule has 2 aromatic carbocycles. The van der Waals surface area contributed by atoms with Gasteiger partial charge in [-0.15, -0.1) is 0 Å². The van der Waals surface area contributed by atoms with Gasteiger partial charge in [0.2, 0.25) is 5.90 Å². The molecule has 0 unspecified atom stereocenters. The van der Waals surface area contributed by atoms with Crippen molar-refractivity contribution in [2.45, 2.75) is 11.8 Å². The van der Waals surface area contributed by atoms with E-state index in [4.69, 9.17) is 14.2 Å². The number of H-pyrrole nitrogens is 1. The third-order valence-electron chi connectivity index (χ3n) is 4.47. The molecule has 0 atom stereocenters. The summed E-state index contributed by atoms with van der Waals surface area (Å²) in [7, 11) is -3.27. The van der Waals surface area contributed by atoms with Crippen molar-refractivity contribution in [2.24, 2.45) is 4.99 Å². The number of benzene rings is 2. The summed E-state index contributed by atoms with van der Waals surface area (Å²) in [6, 6.07) is 15.6. The van der Waals surface area contributed by atoms with Crippen LogP contribution in [-0.4, -0.2) is 38.7 Å². The van der Waals surface area contributed by atoms with Crippen LogP contribution in [0.3, 0.4) is 0 Å². The highest BCUT2D eigenvalue weighted by Gasteiger charge is 2.14. The standard InChI is InChI=1S/C23H22N2O5S/c1-15(2)29-18-12-16(21-8-9-22(25-21)23-24-10-11-28-23)13-19(14-18)30-17-4-6-20(7-5-17)31(3,26)27/h4-9,12-14,25H,1,10-11H2,2-3H3. The molecule has 7 nitrogen and oxygen atoms in total. The molecule has 0 saturated carbocycles. The molecule has 0 amide bonds. The molecule has 0 bridgehead atoms. The van der Waals surface area contributed by atoms with Gasteiger partial charge in [0.1, 0.15) is 29.5 Å². The molecule has 0 radical (unpaired) electrons. The van der Waals surface area contributed by atoms with Gasteiger partial charge in [-0.05, 0) is 55.5 Å². The lowest BCUT2D eigenvalue weighted by Gasteiger charge is -2.12. The number of rotatable bonds is 7. The summed E-state index contributed by atoms with van der Waals surface area (Å²) in [5, 5.41) is 0. The number of hydrogen-bond acceptors (Lipinski definition) is 6. The Morgan fingerprint density at radius 2 is 1.74 bits per heavy atom. The summed E-state index contributed by atoms with van der Waals surface area (Å²) in [4.78, 5) is 7.87. The third-order valence-corrected chi connectivity index (χ3v) is 5.60. The van der Waals surface area contributed by atoms with E-state index in [1.165, 1.54) is 18.4 Å². The van der Waals surface area contributed by atoms with Crippen molar-refractivity contribution in [1.82, 2.24) is 4.98 Å². The van der Waals surface area contributed by atoms with E-state index in [0.717, 1.165) is 17.0 Å². The zero-order chi connectivity index (χ0) is 22.0. The fourth-order valence-electron chi connectivity index (χ4n) is 3.12.